The quantitative estimate of drug-likeness (QED) is 0.274. The Morgan fingerprint density at radius 3 is 2.22 bits per heavy atom. The summed E-state index contributed by atoms with van der Waals surface area (Å²) in [5, 5.41) is 10.9. The lowest BCUT2D eigenvalue weighted by Crippen LogP contribution is -2.60. The zero-order valence-corrected chi connectivity index (χ0v) is 23.7. The predicted octanol–water partition coefficient (Wildman–Crippen LogP) is 3.22. The van der Waals surface area contributed by atoms with Gasteiger partial charge >= 0.3 is 0 Å². The zero-order chi connectivity index (χ0) is 26.6. The molecule has 0 amide bonds. The molecule has 0 aliphatic heterocycles. The van der Waals surface area contributed by atoms with Gasteiger partial charge in [-0.1, -0.05) is 13.8 Å². The second-order valence-corrected chi connectivity index (χ2v) is 12.6. The van der Waals surface area contributed by atoms with Crippen LogP contribution in [0.3, 0.4) is 0 Å². The van der Waals surface area contributed by atoms with Gasteiger partial charge in [0.05, 0.1) is 24.4 Å². The minimum absolute atomic E-state index is 0.0760. The van der Waals surface area contributed by atoms with Crippen molar-refractivity contribution in [2.45, 2.75) is 103 Å². The number of fused-ring (bicyclic) bond motifs is 5. The van der Waals surface area contributed by atoms with Gasteiger partial charge in [-0.2, -0.15) is 0 Å². The normalized spacial score (nSPS) is 41.3. The van der Waals surface area contributed by atoms with Crippen molar-refractivity contribution < 1.29 is 19.3 Å². The molecule has 4 aliphatic rings. The van der Waals surface area contributed by atoms with E-state index in [1.54, 1.807) is 11.8 Å². The van der Waals surface area contributed by atoms with Crippen molar-refractivity contribution in [1.82, 2.24) is 0 Å². The van der Waals surface area contributed by atoms with E-state index in [0.717, 1.165) is 64.4 Å². The molecule has 4 saturated carbocycles. The predicted molar refractivity (Wildman–Crippen MR) is 147 cm³/mol. The summed E-state index contributed by atoms with van der Waals surface area (Å²) < 4.78 is 19.7. The Balaban J connectivity index is 1.62. The van der Waals surface area contributed by atoms with Crippen molar-refractivity contribution in [2.24, 2.45) is 52.2 Å². The van der Waals surface area contributed by atoms with Gasteiger partial charge in [0.2, 0.25) is 0 Å². The molecule has 0 aromatic heterocycles. The summed E-state index contributed by atoms with van der Waals surface area (Å²) in [4.78, 5) is 0. The van der Waals surface area contributed by atoms with Crippen LogP contribution in [0.1, 0.15) is 78.6 Å². The Bertz CT molecular complexity index is 696. The number of aliphatic hydroxyl groups is 1. The third-order valence-corrected chi connectivity index (χ3v) is 10.4. The fraction of sp³-hybridized carbons (Fsp3) is 0.933. The second kappa shape index (κ2) is 13.4. The molecule has 0 aromatic carbocycles. The topological polar surface area (TPSA) is 126 Å². The molecule has 0 saturated heterocycles. The minimum atomic E-state index is -0.338. The molecule has 0 aromatic rings. The first-order chi connectivity index (χ1) is 17.9. The lowest BCUT2D eigenvalue weighted by Gasteiger charge is -2.61. The van der Waals surface area contributed by atoms with E-state index in [1.165, 1.54) is 0 Å². The highest BCUT2D eigenvalue weighted by atomic mass is 16.5. The lowest BCUT2D eigenvalue weighted by molar-refractivity contribution is -0.149. The van der Waals surface area contributed by atoms with E-state index in [9.17, 15) is 5.11 Å². The number of hydrogen-bond acceptors (Lipinski definition) is 7. The highest BCUT2D eigenvalue weighted by molar-refractivity contribution is 5.30. The van der Waals surface area contributed by atoms with E-state index in [0.29, 0.717) is 56.5 Å². The smallest absolute Gasteiger partial charge is 0.0649 e. The van der Waals surface area contributed by atoms with Gasteiger partial charge in [-0.25, -0.2) is 0 Å². The van der Waals surface area contributed by atoms with Crippen LogP contribution in [0.15, 0.2) is 0 Å². The number of hydrogen-bond donors (Lipinski definition) is 4. The molecule has 2 radical (unpaired) electrons. The fourth-order valence-electron chi connectivity index (χ4n) is 8.89. The molecule has 214 valence electrons. The van der Waals surface area contributed by atoms with Gasteiger partial charge < -0.3 is 36.5 Å². The first kappa shape index (κ1) is 29.7. The molecule has 37 heavy (non-hydrogen) atoms. The van der Waals surface area contributed by atoms with Gasteiger partial charge in [-0.15, -0.1) is 0 Å². The zero-order valence-electron chi connectivity index (χ0n) is 23.7. The highest BCUT2D eigenvalue weighted by Crippen LogP contribution is 2.67. The van der Waals surface area contributed by atoms with Crippen molar-refractivity contribution in [3.8, 4) is 0 Å². The summed E-state index contributed by atoms with van der Waals surface area (Å²) in [6, 6.07) is 0. The third-order valence-electron chi connectivity index (χ3n) is 10.4. The lowest BCUT2D eigenvalue weighted by atomic mass is 9.46. The molecule has 4 aliphatic carbocycles. The van der Waals surface area contributed by atoms with Gasteiger partial charge in [0, 0.05) is 31.2 Å². The van der Waals surface area contributed by atoms with E-state index in [1.807, 2.05) is 6.92 Å². The standard InChI is InChI=1S/C30H55N3O4/c1-19-15-22(35-12-4-9-31)16-21-17-26(36-13-5-10-32)29-23(28(19)21)18-27(37-14-6-11-33)30(3)24(20(2)34)7-8-25(29)30/h19-20,22-28,34H,4-18,31-33H2,1-3H3. The molecule has 10 atom stereocenters. The van der Waals surface area contributed by atoms with Crippen LogP contribution in [0.25, 0.3) is 0 Å². The van der Waals surface area contributed by atoms with E-state index in [-0.39, 0.29) is 35.7 Å². The fourth-order valence-corrected chi connectivity index (χ4v) is 8.89. The number of ether oxygens (including phenoxy) is 3. The number of aliphatic hydroxyl groups excluding tert-OH is 1. The Morgan fingerprint density at radius 1 is 0.919 bits per heavy atom. The average Bonchev–Trinajstić information content (AvgIpc) is 3.22. The van der Waals surface area contributed by atoms with E-state index in [2.05, 4.69) is 13.8 Å². The molecule has 0 heterocycles. The number of rotatable bonds is 13. The molecule has 0 spiro atoms. The highest BCUT2D eigenvalue weighted by Gasteiger charge is 2.65. The van der Waals surface area contributed by atoms with E-state index >= 15 is 0 Å². The van der Waals surface area contributed by atoms with Crippen LogP contribution in [-0.2, 0) is 14.2 Å². The van der Waals surface area contributed by atoms with Crippen LogP contribution < -0.4 is 17.2 Å². The number of nitrogens with two attached hydrogens (primary N) is 3. The first-order valence-corrected chi connectivity index (χ1v) is 15.2. The van der Waals surface area contributed by atoms with Crippen LogP contribution in [0.4, 0.5) is 0 Å². The molecule has 10 unspecified atom stereocenters. The van der Waals surface area contributed by atoms with Gasteiger partial charge in [-0.05, 0) is 120 Å². The van der Waals surface area contributed by atoms with Crippen molar-refractivity contribution >= 4 is 0 Å². The van der Waals surface area contributed by atoms with Crippen LogP contribution in [0.2, 0.25) is 0 Å². The molecule has 4 fully saturated rings. The SMILES string of the molecule is CC(O)C1CCC2[C]3C(OCCCN)C[C]4CC(OCCCN)CC(C)C4C3CC(OCCCN)C21C. The molecular weight excluding hydrogens is 466 g/mol. The third kappa shape index (κ3) is 6.08. The molecular formula is C30H55N3O4. The summed E-state index contributed by atoms with van der Waals surface area (Å²) in [6.45, 7) is 10.9. The molecule has 7 heteroatoms. The molecule has 7 nitrogen and oxygen atoms in total. The molecule has 4 rings (SSSR count). The van der Waals surface area contributed by atoms with Crippen molar-refractivity contribution in [3.63, 3.8) is 0 Å². The Labute approximate surface area is 225 Å². The van der Waals surface area contributed by atoms with Crippen LogP contribution in [0.5, 0.6) is 0 Å². The van der Waals surface area contributed by atoms with Crippen molar-refractivity contribution in [2.75, 3.05) is 39.5 Å². The van der Waals surface area contributed by atoms with Gasteiger partial charge in [-0.3, -0.25) is 0 Å². The molecule has 0 bridgehead atoms. The summed E-state index contributed by atoms with van der Waals surface area (Å²) in [5.74, 6) is 5.54. The van der Waals surface area contributed by atoms with Crippen molar-refractivity contribution in [1.29, 1.82) is 0 Å². The largest absolute Gasteiger partial charge is 0.393 e. The maximum atomic E-state index is 10.9. The van der Waals surface area contributed by atoms with Crippen LogP contribution >= 0.6 is 0 Å². The summed E-state index contributed by atoms with van der Waals surface area (Å²) in [5.41, 5.74) is 17.3. The van der Waals surface area contributed by atoms with Gasteiger partial charge in [0.1, 0.15) is 0 Å². The van der Waals surface area contributed by atoms with Gasteiger partial charge in [0.15, 0.2) is 0 Å². The Kier molecular flexibility index (Phi) is 10.7. The maximum absolute atomic E-state index is 10.9. The maximum Gasteiger partial charge on any atom is 0.0649 e. The summed E-state index contributed by atoms with van der Waals surface area (Å²) in [7, 11) is 0. The van der Waals surface area contributed by atoms with Crippen LogP contribution in [-0.4, -0.2) is 69.0 Å². The summed E-state index contributed by atoms with van der Waals surface area (Å²) in [6.07, 6.45) is 9.24. The monoisotopic (exact) mass is 521 g/mol. The van der Waals surface area contributed by atoms with Crippen molar-refractivity contribution in [3.05, 3.63) is 11.8 Å². The Hall–Kier alpha value is -0.280. The summed E-state index contributed by atoms with van der Waals surface area (Å²) >= 11 is 0. The minimum Gasteiger partial charge on any atom is -0.393 e. The van der Waals surface area contributed by atoms with E-state index in [4.69, 9.17) is 31.4 Å². The first-order valence-electron chi connectivity index (χ1n) is 15.2. The average molecular weight is 522 g/mol. The molecule has 7 N–H and O–H groups in total. The second-order valence-electron chi connectivity index (χ2n) is 12.6. The van der Waals surface area contributed by atoms with Gasteiger partial charge in [0.25, 0.3) is 0 Å². The Morgan fingerprint density at radius 2 is 1.57 bits per heavy atom. The van der Waals surface area contributed by atoms with Crippen LogP contribution in [0, 0.1) is 46.8 Å². The van der Waals surface area contributed by atoms with E-state index < -0.39 is 0 Å².